The van der Waals surface area contributed by atoms with E-state index in [9.17, 15) is 4.79 Å². The summed E-state index contributed by atoms with van der Waals surface area (Å²) >= 11 is 0. The number of anilines is 1. The van der Waals surface area contributed by atoms with Gasteiger partial charge in [-0.05, 0) is 36.2 Å². The molecule has 1 aromatic heterocycles. The Kier molecular flexibility index (Phi) is 7.18. The van der Waals surface area contributed by atoms with Crippen molar-refractivity contribution in [3.8, 4) is 22.9 Å². The Morgan fingerprint density at radius 2 is 1.86 bits per heavy atom. The number of aromatic amines is 1. The Balaban J connectivity index is 1.40. The Hall–Kier alpha value is -3.39. The van der Waals surface area contributed by atoms with Crippen molar-refractivity contribution in [2.75, 3.05) is 26.1 Å². The molecular weight excluding hydrogens is 372 g/mol. The summed E-state index contributed by atoms with van der Waals surface area (Å²) in [5, 5.41) is 9.54. The average molecular weight is 396 g/mol. The maximum atomic E-state index is 12.1. The molecule has 0 saturated carbocycles. The van der Waals surface area contributed by atoms with Crippen LogP contribution in [0.4, 0.5) is 5.95 Å². The van der Waals surface area contributed by atoms with Crippen molar-refractivity contribution in [3.63, 3.8) is 0 Å². The molecule has 2 N–H and O–H groups in total. The summed E-state index contributed by atoms with van der Waals surface area (Å²) in [4.78, 5) is 16.4. The Morgan fingerprint density at radius 1 is 1.07 bits per heavy atom. The number of hydrogen-bond acceptors (Lipinski definition) is 6. The quantitative estimate of drug-likeness (QED) is 0.510. The van der Waals surface area contributed by atoms with Crippen molar-refractivity contribution in [2.45, 2.75) is 19.4 Å². The van der Waals surface area contributed by atoms with Crippen LogP contribution in [0.25, 0.3) is 11.4 Å². The lowest BCUT2D eigenvalue weighted by Gasteiger charge is -2.06. The van der Waals surface area contributed by atoms with Gasteiger partial charge in [-0.15, -0.1) is 5.10 Å². The van der Waals surface area contributed by atoms with Gasteiger partial charge in [0.25, 0.3) is 0 Å². The number of carbonyl (C=O) groups is 1. The van der Waals surface area contributed by atoms with E-state index < -0.39 is 0 Å². The lowest BCUT2D eigenvalue weighted by atomic mass is 10.2. The highest BCUT2D eigenvalue weighted by atomic mass is 16.5. The third-order valence-corrected chi connectivity index (χ3v) is 4.22. The number of methoxy groups -OCH3 is 2. The van der Waals surface area contributed by atoms with E-state index in [1.165, 1.54) is 0 Å². The zero-order chi connectivity index (χ0) is 20.5. The number of ether oxygens (including phenoxy) is 3. The molecule has 1 amide bonds. The zero-order valence-electron chi connectivity index (χ0n) is 16.5. The van der Waals surface area contributed by atoms with Gasteiger partial charge in [0.1, 0.15) is 11.5 Å². The lowest BCUT2D eigenvalue weighted by molar-refractivity contribution is -0.116. The number of nitrogens with one attached hydrogen (secondary N) is 2. The predicted molar refractivity (Wildman–Crippen MR) is 109 cm³/mol. The van der Waals surface area contributed by atoms with E-state index in [0.717, 1.165) is 16.9 Å². The summed E-state index contributed by atoms with van der Waals surface area (Å²) in [5.41, 5.74) is 1.83. The van der Waals surface area contributed by atoms with E-state index in [-0.39, 0.29) is 11.9 Å². The van der Waals surface area contributed by atoms with Gasteiger partial charge < -0.3 is 14.2 Å². The van der Waals surface area contributed by atoms with E-state index in [0.29, 0.717) is 37.6 Å². The molecule has 0 saturated heterocycles. The first-order valence-electron chi connectivity index (χ1n) is 9.26. The van der Waals surface area contributed by atoms with E-state index in [4.69, 9.17) is 14.2 Å². The van der Waals surface area contributed by atoms with Crippen LogP contribution < -0.4 is 14.8 Å². The minimum absolute atomic E-state index is 0.163. The number of nitrogens with zero attached hydrogens (tertiary/aromatic N) is 2. The highest BCUT2D eigenvalue weighted by Gasteiger charge is 2.12. The predicted octanol–water partition coefficient (Wildman–Crippen LogP) is 3.42. The van der Waals surface area contributed by atoms with Crippen LogP contribution in [0.1, 0.15) is 18.4 Å². The highest BCUT2D eigenvalue weighted by Crippen LogP contribution is 2.27. The number of carbonyl (C=O) groups excluding carboxylic acids is 1. The second-order valence-corrected chi connectivity index (χ2v) is 6.26. The van der Waals surface area contributed by atoms with Gasteiger partial charge in [0.05, 0.1) is 26.4 Å². The standard InChI is InChI=1S/C21H24N4O4/c1-27-16-11-9-15(10-12-16)14-29-13-5-8-19(26)22-21-23-20(24-25-21)17-6-3-4-7-18(17)28-2/h3-4,6-7,9-12H,5,8,13-14H2,1-2H3,(H2,22,23,24,25,26). The summed E-state index contributed by atoms with van der Waals surface area (Å²) in [6.07, 6.45) is 0.924. The van der Waals surface area contributed by atoms with Crippen molar-refractivity contribution in [3.05, 3.63) is 54.1 Å². The van der Waals surface area contributed by atoms with Gasteiger partial charge >= 0.3 is 0 Å². The smallest absolute Gasteiger partial charge is 0.249 e. The van der Waals surface area contributed by atoms with Crippen LogP contribution in [0.3, 0.4) is 0 Å². The molecule has 29 heavy (non-hydrogen) atoms. The number of para-hydroxylation sites is 1. The van der Waals surface area contributed by atoms with Gasteiger partial charge in [0, 0.05) is 13.0 Å². The molecule has 0 spiro atoms. The van der Waals surface area contributed by atoms with Gasteiger partial charge in [0.2, 0.25) is 11.9 Å². The van der Waals surface area contributed by atoms with Gasteiger partial charge in [-0.1, -0.05) is 24.3 Å². The van der Waals surface area contributed by atoms with Crippen LogP contribution in [0.5, 0.6) is 11.5 Å². The molecule has 3 rings (SSSR count). The molecule has 3 aromatic rings. The molecule has 0 radical (unpaired) electrons. The summed E-state index contributed by atoms with van der Waals surface area (Å²) < 4.78 is 16.0. The van der Waals surface area contributed by atoms with E-state index in [2.05, 4.69) is 20.5 Å². The zero-order valence-corrected chi connectivity index (χ0v) is 16.5. The van der Waals surface area contributed by atoms with Crippen molar-refractivity contribution in [1.82, 2.24) is 15.2 Å². The van der Waals surface area contributed by atoms with Crippen LogP contribution in [0, 0.1) is 0 Å². The van der Waals surface area contributed by atoms with Crippen LogP contribution in [0.15, 0.2) is 48.5 Å². The number of hydrogen-bond donors (Lipinski definition) is 2. The molecule has 8 heteroatoms. The molecule has 0 bridgehead atoms. The number of amides is 1. The minimum atomic E-state index is -0.163. The molecule has 0 aliphatic carbocycles. The van der Waals surface area contributed by atoms with Crippen molar-refractivity contribution in [1.29, 1.82) is 0 Å². The summed E-state index contributed by atoms with van der Waals surface area (Å²) in [6, 6.07) is 15.1. The van der Waals surface area contributed by atoms with Gasteiger partial charge in [-0.2, -0.15) is 4.98 Å². The summed E-state index contributed by atoms with van der Waals surface area (Å²) in [7, 11) is 3.23. The van der Waals surface area contributed by atoms with E-state index in [1.54, 1.807) is 14.2 Å². The number of H-pyrrole nitrogens is 1. The molecule has 8 nitrogen and oxygen atoms in total. The average Bonchev–Trinajstić information content (AvgIpc) is 3.22. The Bertz CT molecular complexity index is 924. The Morgan fingerprint density at radius 3 is 2.62 bits per heavy atom. The maximum Gasteiger partial charge on any atom is 0.249 e. The second-order valence-electron chi connectivity index (χ2n) is 6.26. The first-order valence-corrected chi connectivity index (χ1v) is 9.26. The van der Waals surface area contributed by atoms with Crippen LogP contribution >= 0.6 is 0 Å². The SMILES string of the molecule is COc1ccc(COCCCC(=O)Nc2n[nH]c(-c3ccccc3OC)n2)cc1. The molecule has 2 aromatic carbocycles. The first-order chi connectivity index (χ1) is 14.2. The summed E-state index contributed by atoms with van der Waals surface area (Å²) in [6.45, 7) is 0.981. The van der Waals surface area contributed by atoms with Gasteiger partial charge in [-0.3, -0.25) is 15.2 Å². The Labute approximate surface area is 169 Å². The molecule has 0 unspecified atom stereocenters. The fraction of sp³-hybridized carbons (Fsp3) is 0.286. The lowest BCUT2D eigenvalue weighted by Crippen LogP contribution is -2.13. The van der Waals surface area contributed by atoms with Gasteiger partial charge in [0.15, 0.2) is 5.82 Å². The van der Waals surface area contributed by atoms with E-state index >= 15 is 0 Å². The van der Waals surface area contributed by atoms with E-state index in [1.807, 2.05) is 48.5 Å². The minimum Gasteiger partial charge on any atom is -0.497 e. The molecular formula is C21H24N4O4. The number of rotatable bonds is 10. The van der Waals surface area contributed by atoms with Crippen molar-refractivity contribution in [2.24, 2.45) is 0 Å². The van der Waals surface area contributed by atoms with Gasteiger partial charge in [-0.25, -0.2) is 0 Å². The third kappa shape index (κ3) is 5.79. The number of aromatic nitrogens is 3. The maximum absolute atomic E-state index is 12.1. The fourth-order valence-electron chi connectivity index (χ4n) is 2.71. The molecule has 152 valence electrons. The largest absolute Gasteiger partial charge is 0.497 e. The molecule has 0 fully saturated rings. The monoisotopic (exact) mass is 396 g/mol. The van der Waals surface area contributed by atoms with Crippen LogP contribution in [0.2, 0.25) is 0 Å². The fourth-order valence-corrected chi connectivity index (χ4v) is 2.71. The molecule has 0 atom stereocenters. The molecule has 0 aliphatic rings. The van der Waals surface area contributed by atoms with Crippen molar-refractivity contribution >= 4 is 11.9 Å². The first kappa shape index (κ1) is 20.3. The van der Waals surface area contributed by atoms with Crippen LogP contribution in [-0.4, -0.2) is 41.9 Å². The topological polar surface area (TPSA) is 98.4 Å². The highest BCUT2D eigenvalue weighted by molar-refractivity contribution is 5.89. The van der Waals surface area contributed by atoms with Crippen LogP contribution in [-0.2, 0) is 16.1 Å². The third-order valence-electron chi connectivity index (χ3n) is 4.22. The number of benzene rings is 2. The van der Waals surface area contributed by atoms with Crippen molar-refractivity contribution < 1.29 is 19.0 Å². The molecule has 0 aliphatic heterocycles. The second kappa shape index (κ2) is 10.2. The molecule has 1 heterocycles. The normalized spacial score (nSPS) is 10.6. The summed E-state index contributed by atoms with van der Waals surface area (Å²) in [5.74, 6) is 2.08.